The normalized spacial score (nSPS) is 16.1. The lowest BCUT2D eigenvalue weighted by Crippen LogP contribution is -2.34. The summed E-state index contributed by atoms with van der Waals surface area (Å²) in [5.41, 5.74) is 3.39. The standard InChI is InChI=1S/C18H20ClN2P/c1-3-12(19)17(15(22)4-2)18-20-13-9-5-7-11-8-6-10-14(21-18)16(11)13/h3,5-10,18,20-21H,4,22H2,1-2H3/b12-3+,17-15-. The Labute approximate surface area is 138 Å². The molecule has 2 aromatic carbocycles. The van der Waals surface area contributed by atoms with Crippen LogP contribution in [0.15, 0.2) is 58.4 Å². The fourth-order valence-electron chi connectivity index (χ4n) is 2.90. The van der Waals surface area contributed by atoms with Gasteiger partial charge in [0.1, 0.15) is 6.17 Å². The van der Waals surface area contributed by atoms with Crippen molar-refractivity contribution in [1.29, 1.82) is 0 Å². The molecule has 0 aliphatic carbocycles. The summed E-state index contributed by atoms with van der Waals surface area (Å²) in [5.74, 6) is 0. The first-order valence-corrected chi connectivity index (χ1v) is 8.46. The smallest absolute Gasteiger partial charge is 0.125 e. The molecule has 0 saturated carbocycles. The maximum atomic E-state index is 6.48. The molecule has 0 bridgehead atoms. The van der Waals surface area contributed by atoms with E-state index < -0.39 is 0 Å². The number of hydrogen-bond donors (Lipinski definition) is 2. The average Bonchev–Trinajstić information content (AvgIpc) is 2.55. The summed E-state index contributed by atoms with van der Waals surface area (Å²) in [6.07, 6.45) is 2.85. The Morgan fingerprint density at radius 2 is 1.77 bits per heavy atom. The Balaban J connectivity index is 2.10. The van der Waals surface area contributed by atoms with Crippen molar-refractivity contribution in [3.05, 3.63) is 58.4 Å². The van der Waals surface area contributed by atoms with Gasteiger partial charge in [0.2, 0.25) is 0 Å². The minimum absolute atomic E-state index is 0.0309. The fraction of sp³-hybridized carbons (Fsp3) is 0.222. The summed E-state index contributed by atoms with van der Waals surface area (Å²) in [5, 5.41) is 11.6. The average molecular weight is 331 g/mol. The highest BCUT2D eigenvalue weighted by Crippen LogP contribution is 2.38. The number of rotatable bonds is 3. The summed E-state index contributed by atoms with van der Waals surface area (Å²) in [6, 6.07) is 12.7. The fourth-order valence-corrected chi connectivity index (χ4v) is 3.54. The Morgan fingerprint density at radius 3 is 2.27 bits per heavy atom. The van der Waals surface area contributed by atoms with E-state index in [0.717, 1.165) is 28.4 Å². The number of hydrogen-bond acceptors (Lipinski definition) is 2. The predicted octanol–water partition coefficient (Wildman–Crippen LogP) is 5.69. The van der Waals surface area contributed by atoms with Gasteiger partial charge < -0.3 is 10.6 Å². The first-order chi connectivity index (χ1) is 10.7. The van der Waals surface area contributed by atoms with Crippen molar-refractivity contribution in [2.24, 2.45) is 0 Å². The minimum atomic E-state index is -0.0309. The Morgan fingerprint density at radius 1 is 1.18 bits per heavy atom. The van der Waals surface area contributed by atoms with Crippen LogP contribution in [0, 0.1) is 0 Å². The van der Waals surface area contributed by atoms with Gasteiger partial charge in [0.15, 0.2) is 0 Å². The van der Waals surface area contributed by atoms with Crippen molar-refractivity contribution < 1.29 is 0 Å². The van der Waals surface area contributed by atoms with E-state index in [0.29, 0.717) is 0 Å². The van der Waals surface area contributed by atoms with Gasteiger partial charge in [-0.05, 0) is 36.2 Å². The first kappa shape index (κ1) is 15.4. The highest BCUT2D eigenvalue weighted by Gasteiger charge is 2.24. The molecule has 1 unspecified atom stereocenters. The lowest BCUT2D eigenvalue weighted by Gasteiger charge is -2.32. The van der Waals surface area contributed by atoms with Gasteiger partial charge in [-0.3, -0.25) is 0 Å². The maximum Gasteiger partial charge on any atom is 0.125 e. The van der Waals surface area contributed by atoms with Crippen LogP contribution in [0.4, 0.5) is 11.4 Å². The summed E-state index contributed by atoms with van der Waals surface area (Å²) >= 11 is 6.48. The number of nitrogens with one attached hydrogen (secondary N) is 2. The second-order valence-corrected chi connectivity index (χ2v) is 6.46. The van der Waals surface area contributed by atoms with Gasteiger partial charge in [-0.2, -0.15) is 0 Å². The molecule has 0 saturated heterocycles. The molecule has 1 heterocycles. The molecule has 1 aliphatic rings. The summed E-state index contributed by atoms with van der Waals surface area (Å²) in [7, 11) is 2.82. The van der Waals surface area contributed by atoms with Gasteiger partial charge in [0.25, 0.3) is 0 Å². The zero-order chi connectivity index (χ0) is 15.7. The van der Waals surface area contributed by atoms with Gasteiger partial charge in [-0.15, -0.1) is 9.24 Å². The van der Waals surface area contributed by atoms with Gasteiger partial charge in [0.05, 0.1) is 0 Å². The highest BCUT2D eigenvalue weighted by atomic mass is 35.5. The first-order valence-electron chi connectivity index (χ1n) is 7.51. The van der Waals surface area contributed by atoms with Crippen LogP contribution in [-0.2, 0) is 0 Å². The second-order valence-electron chi connectivity index (χ2n) is 5.36. The van der Waals surface area contributed by atoms with Gasteiger partial charge in [-0.25, -0.2) is 0 Å². The molecule has 2 nitrogen and oxygen atoms in total. The van der Waals surface area contributed by atoms with E-state index in [9.17, 15) is 0 Å². The quantitative estimate of drug-likeness (QED) is 0.558. The van der Waals surface area contributed by atoms with Crippen molar-refractivity contribution in [2.75, 3.05) is 10.6 Å². The third kappa shape index (κ3) is 2.62. The van der Waals surface area contributed by atoms with Crippen LogP contribution in [-0.4, -0.2) is 6.17 Å². The van der Waals surface area contributed by atoms with E-state index in [1.807, 2.05) is 13.0 Å². The van der Waals surface area contributed by atoms with Crippen molar-refractivity contribution in [3.8, 4) is 0 Å². The van der Waals surface area contributed by atoms with Crippen molar-refractivity contribution in [2.45, 2.75) is 26.4 Å². The molecule has 1 aliphatic heterocycles. The van der Waals surface area contributed by atoms with Crippen molar-refractivity contribution in [1.82, 2.24) is 0 Å². The number of halogens is 1. The zero-order valence-corrected chi connectivity index (χ0v) is 14.7. The van der Waals surface area contributed by atoms with E-state index in [2.05, 4.69) is 63.2 Å². The van der Waals surface area contributed by atoms with E-state index in [1.165, 1.54) is 16.1 Å². The molecule has 0 aromatic heterocycles. The third-order valence-electron chi connectivity index (χ3n) is 4.03. The molecule has 1 atom stereocenters. The Kier molecular flexibility index (Phi) is 4.42. The van der Waals surface area contributed by atoms with E-state index >= 15 is 0 Å². The van der Waals surface area contributed by atoms with Crippen LogP contribution in [0.25, 0.3) is 10.8 Å². The zero-order valence-electron chi connectivity index (χ0n) is 12.8. The maximum absolute atomic E-state index is 6.48. The van der Waals surface area contributed by atoms with Gasteiger partial charge in [-0.1, -0.05) is 48.9 Å². The van der Waals surface area contributed by atoms with E-state index in [1.54, 1.807) is 0 Å². The van der Waals surface area contributed by atoms with Gasteiger partial charge >= 0.3 is 0 Å². The predicted molar refractivity (Wildman–Crippen MR) is 102 cm³/mol. The molecule has 0 amide bonds. The molecular weight excluding hydrogens is 311 g/mol. The lowest BCUT2D eigenvalue weighted by atomic mass is 10.0. The summed E-state index contributed by atoms with van der Waals surface area (Å²) in [4.78, 5) is 0. The summed E-state index contributed by atoms with van der Waals surface area (Å²) < 4.78 is 0. The third-order valence-corrected chi connectivity index (χ3v) is 5.17. The van der Waals surface area contributed by atoms with Crippen LogP contribution in [0.5, 0.6) is 0 Å². The van der Waals surface area contributed by atoms with Gasteiger partial charge in [0, 0.05) is 27.4 Å². The second kappa shape index (κ2) is 6.32. The van der Waals surface area contributed by atoms with Crippen LogP contribution in [0.2, 0.25) is 0 Å². The van der Waals surface area contributed by atoms with Crippen LogP contribution < -0.4 is 10.6 Å². The van der Waals surface area contributed by atoms with Crippen LogP contribution in [0.1, 0.15) is 20.3 Å². The molecule has 4 heteroatoms. The molecule has 2 aromatic rings. The van der Waals surface area contributed by atoms with Crippen LogP contribution in [0.3, 0.4) is 0 Å². The molecule has 0 fully saturated rings. The van der Waals surface area contributed by atoms with E-state index in [-0.39, 0.29) is 6.17 Å². The summed E-state index contributed by atoms with van der Waals surface area (Å²) in [6.45, 7) is 4.10. The molecule has 2 N–H and O–H groups in total. The van der Waals surface area contributed by atoms with Crippen LogP contribution >= 0.6 is 20.8 Å². The SMILES string of the molecule is C/C=C(Cl)\C(=C(\P)CC)C1Nc2cccc3cccc(c23)N1. The molecule has 22 heavy (non-hydrogen) atoms. The molecule has 3 rings (SSSR count). The number of anilines is 2. The topological polar surface area (TPSA) is 24.1 Å². The Bertz CT molecular complexity index is 739. The Hall–Kier alpha value is -1.50. The minimum Gasteiger partial charge on any atom is -0.361 e. The number of allylic oxidation sites excluding steroid dienone is 2. The van der Waals surface area contributed by atoms with Crippen molar-refractivity contribution in [3.63, 3.8) is 0 Å². The van der Waals surface area contributed by atoms with Crippen molar-refractivity contribution >= 4 is 43.0 Å². The molecule has 0 radical (unpaired) electrons. The molecular formula is C18H20ClN2P. The molecule has 114 valence electrons. The highest BCUT2D eigenvalue weighted by molar-refractivity contribution is 7.22. The monoisotopic (exact) mass is 330 g/mol. The lowest BCUT2D eigenvalue weighted by molar-refractivity contribution is 0.937. The molecule has 0 spiro atoms. The largest absolute Gasteiger partial charge is 0.361 e. The van der Waals surface area contributed by atoms with E-state index in [4.69, 9.17) is 11.6 Å². The number of benzene rings is 2.